The van der Waals surface area contributed by atoms with Crippen LogP contribution in [0.5, 0.6) is 0 Å². The van der Waals surface area contributed by atoms with Crippen molar-refractivity contribution in [2.45, 2.75) is 19.3 Å². The first-order valence-corrected chi connectivity index (χ1v) is 22.3. The molecule has 1 aliphatic carbocycles. The Labute approximate surface area is 379 Å². The standard InChI is InChI=1S/C62H43N3/c1-62(2)54-27-13-12-24-50(54)51-34-32-47(38-55(51)62)40-28-30-42(31-29-40)57-39-58(65-61(64-57)44-20-10-5-11-21-44)48-23-14-22-45(36-48)46-33-35-56-53(37-46)59-49(41-16-6-3-7-17-41)25-15-26-52(59)60(63-56)43-18-8-4-9-19-43/h3-39H,1-2H3. The van der Waals surface area contributed by atoms with Gasteiger partial charge in [-0.3, -0.25) is 0 Å². The summed E-state index contributed by atoms with van der Waals surface area (Å²) < 4.78 is 0. The van der Waals surface area contributed by atoms with Gasteiger partial charge in [-0.1, -0.05) is 208 Å². The number of rotatable bonds is 7. The molecule has 0 amide bonds. The van der Waals surface area contributed by atoms with Crippen molar-refractivity contribution in [2.24, 2.45) is 0 Å². The largest absolute Gasteiger partial charge is 0.247 e. The van der Waals surface area contributed by atoms with Crippen LogP contribution in [0.1, 0.15) is 25.0 Å². The number of aromatic nitrogens is 3. The number of benzene rings is 9. The van der Waals surface area contributed by atoms with Gasteiger partial charge in [0, 0.05) is 43.8 Å². The Morgan fingerprint density at radius 1 is 0.308 bits per heavy atom. The Hall–Kier alpha value is -8.27. The smallest absolute Gasteiger partial charge is 0.160 e. The number of pyridine rings is 1. The lowest BCUT2D eigenvalue weighted by Gasteiger charge is -2.22. The van der Waals surface area contributed by atoms with Crippen molar-refractivity contribution in [3.05, 3.63) is 236 Å². The fourth-order valence-electron chi connectivity index (χ4n) is 9.94. The van der Waals surface area contributed by atoms with Crippen molar-refractivity contribution in [1.29, 1.82) is 0 Å². The monoisotopic (exact) mass is 829 g/mol. The molecule has 11 aromatic rings. The molecule has 9 aromatic carbocycles. The topological polar surface area (TPSA) is 38.7 Å². The second-order valence-electron chi connectivity index (χ2n) is 17.6. The summed E-state index contributed by atoms with van der Waals surface area (Å²) in [6.45, 7) is 4.67. The van der Waals surface area contributed by atoms with E-state index in [4.69, 9.17) is 15.0 Å². The zero-order valence-corrected chi connectivity index (χ0v) is 36.2. The number of nitrogens with zero attached hydrogens (tertiary/aromatic N) is 3. The average Bonchev–Trinajstić information content (AvgIpc) is 3.61. The predicted molar refractivity (Wildman–Crippen MR) is 270 cm³/mol. The minimum Gasteiger partial charge on any atom is -0.247 e. The van der Waals surface area contributed by atoms with E-state index >= 15 is 0 Å². The zero-order chi connectivity index (χ0) is 43.5. The second-order valence-corrected chi connectivity index (χ2v) is 17.6. The molecule has 1 aliphatic rings. The minimum absolute atomic E-state index is 0.0528. The lowest BCUT2D eigenvalue weighted by atomic mass is 9.81. The van der Waals surface area contributed by atoms with Crippen molar-refractivity contribution in [3.63, 3.8) is 0 Å². The van der Waals surface area contributed by atoms with Crippen LogP contribution in [0.2, 0.25) is 0 Å². The Balaban J connectivity index is 0.945. The van der Waals surface area contributed by atoms with Gasteiger partial charge in [-0.25, -0.2) is 15.0 Å². The minimum atomic E-state index is -0.0528. The lowest BCUT2D eigenvalue weighted by molar-refractivity contribution is 0.660. The molecule has 0 saturated carbocycles. The van der Waals surface area contributed by atoms with Crippen molar-refractivity contribution < 1.29 is 0 Å². The Kier molecular flexibility index (Phi) is 9.17. The van der Waals surface area contributed by atoms with Gasteiger partial charge in [0.15, 0.2) is 5.82 Å². The highest BCUT2D eigenvalue weighted by molar-refractivity contribution is 6.17. The van der Waals surface area contributed by atoms with Gasteiger partial charge in [0.1, 0.15) is 0 Å². The van der Waals surface area contributed by atoms with E-state index < -0.39 is 0 Å². The Morgan fingerprint density at radius 2 is 0.846 bits per heavy atom. The molecule has 0 atom stereocenters. The first-order chi connectivity index (χ1) is 32.0. The summed E-state index contributed by atoms with van der Waals surface area (Å²) in [7, 11) is 0. The highest BCUT2D eigenvalue weighted by Gasteiger charge is 2.35. The van der Waals surface area contributed by atoms with Gasteiger partial charge in [-0.05, 0) is 86.0 Å². The highest BCUT2D eigenvalue weighted by Crippen LogP contribution is 2.49. The summed E-state index contributed by atoms with van der Waals surface area (Å²) in [6.07, 6.45) is 0. The van der Waals surface area contributed by atoms with Gasteiger partial charge >= 0.3 is 0 Å². The van der Waals surface area contributed by atoms with E-state index in [1.54, 1.807) is 0 Å². The van der Waals surface area contributed by atoms with Crippen LogP contribution in [0, 0.1) is 0 Å². The number of hydrogen-bond donors (Lipinski definition) is 0. The molecule has 2 aromatic heterocycles. The summed E-state index contributed by atoms with van der Waals surface area (Å²) in [5.74, 6) is 0.693. The van der Waals surface area contributed by atoms with Crippen LogP contribution in [-0.4, -0.2) is 15.0 Å². The van der Waals surface area contributed by atoms with Gasteiger partial charge < -0.3 is 0 Å². The zero-order valence-electron chi connectivity index (χ0n) is 36.2. The highest BCUT2D eigenvalue weighted by atomic mass is 14.9. The maximum atomic E-state index is 5.32. The molecular weight excluding hydrogens is 787 g/mol. The van der Waals surface area contributed by atoms with E-state index in [2.05, 4.69) is 220 Å². The van der Waals surface area contributed by atoms with Crippen LogP contribution in [0.15, 0.2) is 224 Å². The van der Waals surface area contributed by atoms with Gasteiger partial charge in [0.25, 0.3) is 0 Å². The third kappa shape index (κ3) is 6.72. The van der Waals surface area contributed by atoms with Crippen molar-refractivity contribution in [2.75, 3.05) is 0 Å². The van der Waals surface area contributed by atoms with E-state index in [0.717, 1.165) is 66.8 Å². The van der Waals surface area contributed by atoms with Crippen LogP contribution >= 0.6 is 0 Å². The van der Waals surface area contributed by atoms with Crippen LogP contribution in [-0.2, 0) is 5.41 Å². The molecule has 3 heteroatoms. The van der Waals surface area contributed by atoms with E-state index in [0.29, 0.717) is 5.82 Å². The van der Waals surface area contributed by atoms with E-state index in [-0.39, 0.29) is 5.41 Å². The molecule has 12 rings (SSSR count). The molecule has 65 heavy (non-hydrogen) atoms. The van der Waals surface area contributed by atoms with Crippen LogP contribution in [0.25, 0.3) is 111 Å². The summed E-state index contributed by atoms with van der Waals surface area (Å²) in [5, 5.41) is 3.45. The molecule has 0 radical (unpaired) electrons. The van der Waals surface area contributed by atoms with Crippen LogP contribution in [0.3, 0.4) is 0 Å². The Morgan fingerprint density at radius 3 is 1.62 bits per heavy atom. The van der Waals surface area contributed by atoms with E-state index in [1.807, 2.05) is 18.2 Å². The summed E-state index contributed by atoms with van der Waals surface area (Å²) in [5.41, 5.74) is 20.2. The molecule has 0 saturated heterocycles. The van der Waals surface area contributed by atoms with E-state index in [1.165, 1.54) is 49.9 Å². The molecule has 0 fully saturated rings. The fourth-order valence-corrected chi connectivity index (χ4v) is 9.94. The predicted octanol–water partition coefficient (Wildman–Crippen LogP) is 16.2. The number of hydrogen-bond acceptors (Lipinski definition) is 3. The average molecular weight is 830 g/mol. The first kappa shape index (κ1) is 38.4. The normalized spacial score (nSPS) is 12.6. The molecule has 0 aliphatic heterocycles. The molecule has 306 valence electrons. The van der Waals surface area contributed by atoms with Gasteiger partial charge in [-0.15, -0.1) is 0 Å². The SMILES string of the molecule is CC1(C)c2ccccc2-c2ccc(-c3ccc(-c4cc(-c5cccc(-c6ccc7nc(-c8ccccc8)c8cccc(-c9ccccc9)c8c7c6)c5)nc(-c5ccccc5)n4)cc3)cc21. The Bertz CT molecular complexity index is 3600. The first-order valence-electron chi connectivity index (χ1n) is 22.3. The molecule has 0 N–H and O–H groups in total. The van der Waals surface area contributed by atoms with Gasteiger partial charge in [-0.2, -0.15) is 0 Å². The maximum absolute atomic E-state index is 5.32. The third-order valence-electron chi connectivity index (χ3n) is 13.3. The molecule has 0 bridgehead atoms. The summed E-state index contributed by atoms with van der Waals surface area (Å²) in [4.78, 5) is 15.7. The van der Waals surface area contributed by atoms with Crippen LogP contribution < -0.4 is 0 Å². The molecule has 0 spiro atoms. The van der Waals surface area contributed by atoms with Crippen molar-refractivity contribution in [1.82, 2.24) is 15.0 Å². The molecule has 2 heterocycles. The van der Waals surface area contributed by atoms with Crippen molar-refractivity contribution >= 4 is 21.7 Å². The third-order valence-corrected chi connectivity index (χ3v) is 13.3. The molecular formula is C62H43N3. The van der Waals surface area contributed by atoms with Gasteiger partial charge in [0.05, 0.1) is 22.6 Å². The molecule has 0 unspecified atom stereocenters. The summed E-state index contributed by atoms with van der Waals surface area (Å²) in [6, 6.07) is 80.2. The van der Waals surface area contributed by atoms with Crippen LogP contribution in [0.4, 0.5) is 0 Å². The quantitative estimate of drug-likeness (QED) is 0.150. The summed E-state index contributed by atoms with van der Waals surface area (Å²) >= 11 is 0. The lowest BCUT2D eigenvalue weighted by Crippen LogP contribution is -2.14. The van der Waals surface area contributed by atoms with Gasteiger partial charge in [0.2, 0.25) is 0 Å². The van der Waals surface area contributed by atoms with E-state index in [9.17, 15) is 0 Å². The van der Waals surface area contributed by atoms with Crippen molar-refractivity contribution in [3.8, 4) is 89.7 Å². The fraction of sp³-hybridized carbons (Fsp3) is 0.0484. The second kappa shape index (κ2) is 15.5. The molecule has 3 nitrogen and oxygen atoms in total. The maximum Gasteiger partial charge on any atom is 0.160 e. The number of fused-ring (bicyclic) bond motifs is 6.